The highest BCUT2D eigenvalue weighted by Gasteiger charge is 2.16. The minimum Gasteiger partial charge on any atom is -0.423 e. The number of esters is 2. The van der Waals surface area contributed by atoms with Crippen molar-refractivity contribution in [3.05, 3.63) is 23.8 Å². The maximum atomic E-state index is 12.9. The molecule has 1 rings (SSSR count). The summed E-state index contributed by atoms with van der Waals surface area (Å²) in [6, 6.07) is 5.66. The van der Waals surface area contributed by atoms with Gasteiger partial charge in [0.15, 0.2) is 11.5 Å². The molecule has 5 heteroatoms. The van der Waals surface area contributed by atoms with Gasteiger partial charge in [-0.3, -0.25) is 9.59 Å². The second-order valence-electron chi connectivity index (χ2n) is 17.1. The average molecular weight is 742 g/mol. The Bertz CT molecular complexity index is 1000. The lowest BCUT2D eigenvalue weighted by molar-refractivity contribution is -0.137. The van der Waals surface area contributed by atoms with Crippen LogP contribution in [0.1, 0.15) is 246 Å². The summed E-state index contributed by atoms with van der Waals surface area (Å²) < 4.78 is 11.6. The Kier molecular flexibility index (Phi) is 32.1. The van der Waals surface area contributed by atoms with Crippen LogP contribution in [-0.2, 0) is 16.0 Å². The third-order valence-corrected chi connectivity index (χ3v) is 10.5. The van der Waals surface area contributed by atoms with E-state index < -0.39 is 0 Å². The fourth-order valence-electron chi connectivity index (χ4n) is 7.08. The van der Waals surface area contributed by atoms with Gasteiger partial charge < -0.3 is 14.8 Å². The molecule has 1 aromatic carbocycles. The van der Waals surface area contributed by atoms with Crippen LogP contribution in [0.2, 0.25) is 0 Å². The molecule has 0 radical (unpaired) electrons. The molecule has 0 unspecified atom stereocenters. The minimum atomic E-state index is -0.249. The molecule has 0 aromatic heterocycles. The van der Waals surface area contributed by atoms with Crippen molar-refractivity contribution in [3.63, 3.8) is 0 Å². The summed E-state index contributed by atoms with van der Waals surface area (Å²) >= 11 is 0. The summed E-state index contributed by atoms with van der Waals surface area (Å²) in [6.45, 7) is 11.8. The quantitative estimate of drug-likeness (QED) is 0.0418. The smallest absolute Gasteiger partial charge is 0.311 e. The number of ether oxygens (including phenoxy) is 2. The molecule has 0 fully saturated rings. The van der Waals surface area contributed by atoms with E-state index in [0.717, 1.165) is 44.2 Å². The van der Waals surface area contributed by atoms with Crippen LogP contribution in [0.3, 0.4) is 0 Å². The number of nitrogens with one attached hydrogen (secondary N) is 1. The maximum absolute atomic E-state index is 12.9. The number of rotatable bonds is 37. The average Bonchev–Trinajstić information content (AvgIpc) is 3.12. The normalized spacial score (nSPS) is 11.6. The molecule has 0 bridgehead atoms. The van der Waals surface area contributed by atoms with Crippen LogP contribution in [0.5, 0.6) is 11.5 Å². The minimum absolute atomic E-state index is 0.0327. The second kappa shape index (κ2) is 34.6. The van der Waals surface area contributed by atoms with Crippen molar-refractivity contribution < 1.29 is 19.1 Å². The van der Waals surface area contributed by atoms with E-state index in [1.807, 2.05) is 12.1 Å². The maximum Gasteiger partial charge on any atom is 0.311 e. The summed E-state index contributed by atoms with van der Waals surface area (Å²) in [5.41, 5.74) is 1.09. The van der Waals surface area contributed by atoms with Gasteiger partial charge >= 0.3 is 11.9 Å². The lowest BCUT2D eigenvalue weighted by atomic mass is 10.0. The largest absolute Gasteiger partial charge is 0.423 e. The van der Waals surface area contributed by atoms with Crippen LogP contribution < -0.4 is 14.8 Å². The zero-order chi connectivity index (χ0) is 38.7. The second-order valence-corrected chi connectivity index (χ2v) is 17.1. The van der Waals surface area contributed by atoms with E-state index in [1.54, 1.807) is 6.07 Å². The Morgan fingerprint density at radius 2 is 0.792 bits per heavy atom. The van der Waals surface area contributed by atoms with Gasteiger partial charge in [0, 0.05) is 18.4 Å². The van der Waals surface area contributed by atoms with E-state index in [4.69, 9.17) is 9.47 Å². The summed E-state index contributed by atoms with van der Waals surface area (Å²) in [4.78, 5) is 25.7. The SMILES string of the molecule is CCCCCCCCCCCCCCCCCC(=O)Oc1ccc(CCNC(C)(C)C)cc1OC(=O)CCCCCCCCCCCCCCCCC. The van der Waals surface area contributed by atoms with Crippen molar-refractivity contribution >= 4 is 11.9 Å². The molecule has 0 saturated carbocycles. The summed E-state index contributed by atoms with van der Waals surface area (Å²) in [7, 11) is 0. The van der Waals surface area contributed by atoms with Crippen LogP contribution >= 0.6 is 0 Å². The molecule has 308 valence electrons. The van der Waals surface area contributed by atoms with Crippen LogP contribution in [0, 0.1) is 0 Å². The first-order valence-electron chi connectivity index (χ1n) is 23.0. The van der Waals surface area contributed by atoms with E-state index in [9.17, 15) is 9.59 Å². The summed E-state index contributed by atoms with van der Waals surface area (Å²) in [6.07, 6.45) is 40.4. The van der Waals surface area contributed by atoms with E-state index in [-0.39, 0.29) is 17.5 Å². The molecule has 5 nitrogen and oxygen atoms in total. The fourth-order valence-corrected chi connectivity index (χ4v) is 7.08. The molecule has 0 heterocycles. The van der Waals surface area contributed by atoms with Gasteiger partial charge in [-0.15, -0.1) is 0 Å². The van der Waals surface area contributed by atoms with E-state index in [2.05, 4.69) is 39.9 Å². The van der Waals surface area contributed by atoms with Gasteiger partial charge in [0.05, 0.1) is 0 Å². The lowest BCUT2D eigenvalue weighted by Crippen LogP contribution is -2.37. The molecule has 0 aliphatic heterocycles. The predicted molar refractivity (Wildman–Crippen MR) is 228 cm³/mol. The molecule has 0 spiro atoms. The van der Waals surface area contributed by atoms with Crippen LogP contribution in [0.15, 0.2) is 18.2 Å². The van der Waals surface area contributed by atoms with Crippen molar-refractivity contribution in [2.75, 3.05) is 6.54 Å². The van der Waals surface area contributed by atoms with Crippen LogP contribution in [0.25, 0.3) is 0 Å². The Balaban J connectivity index is 2.32. The first-order valence-corrected chi connectivity index (χ1v) is 23.0. The van der Waals surface area contributed by atoms with E-state index in [0.29, 0.717) is 24.3 Å². The molecule has 53 heavy (non-hydrogen) atoms. The Morgan fingerprint density at radius 1 is 0.472 bits per heavy atom. The zero-order valence-electron chi connectivity index (χ0n) is 35.9. The number of carbonyl (C=O) groups is 2. The molecule has 1 aromatic rings. The number of benzene rings is 1. The van der Waals surface area contributed by atoms with Crippen molar-refractivity contribution in [2.45, 2.75) is 252 Å². The summed E-state index contributed by atoms with van der Waals surface area (Å²) in [5.74, 6) is 0.230. The van der Waals surface area contributed by atoms with Gasteiger partial charge in [-0.05, 0) is 64.3 Å². The van der Waals surface area contributed by atoms with Gasteiger partial charge in [-0.25, -0.2) is 0 Å². The first kappa shape index (κ1) is 49.1. The standard InChI is InChI=1S/C48H87NO4/c1-6-8-10-12-14-16-18-20-22-24-26-28-30-32-34-36-46(50)52-44-39-38-43(40-41-49-48(3,4)5)42-45(44)53-47(51)37-35-33-31-29-27-25-23-21-19-17-15-13-11-9-7-2/h38-39,42,49H,6-37,40-41H2,1-5H3. The number of unbranched alkanes of at least 4 members (excludes halogenated alkanes) is 28. The van der Waals surface area contributed by atoms with Gasteiger partial charge in [-0.1, -0.05) is 200 Å². The summed E-state index contributed by atoms with van der Waals surface area (Å²) in [5, 5.41) is 3.52. The molecule has 0 aliphatic rings. The number of hydrogen-bond donors (Lipinski definition) is 1. The van der Waals surface area contributed by atoms with Gasteiger partial charge in [-0.2, -0.15) is 0 Å². The van der Waals surface area contributed by atoms with Crippen molar-refractivity contribution in [1.29, 1.82) is 0 Å². The van der Waals surface area contributed by atoms with E-state index in [1.165, 1.54) is 167 Å². The highest BCUT2D eigenvalue weighted by atomic mass is 16.6. The predicted octanol–water partition coefficient (Wildman–Crippen LogP) is 15.0. The highest BCUT2D eigenvalue weighted by molar-refractivity contribution is 5.76. The van der Waals surface area contributed by atoms with Gasteiger partial charge in [0.25, 0.3) is 0 Å². The topological polar surface area (TPSA) is 64.6 Å². The zero-order valence-corrected chi connectivity index (χ0v) is 35.9. The lowest BCUT2D eigenvalue weighted by Gasteiger charge is -2.20. The fraction of sp³-hybridized carbons (Fsp3) is 0.833. The monoisotopic (exact) mass is 742 g/mol. The molecule has 0 aliphatic carbocycles. The van der Waals surface area contributed by atoms with Crippen molar-refractivity contribution in [3.8, 4) is 11.5 Å². The number of carbonyl (C=O) groups excluding carboxylic acids is 2. The van der Waals surface area contributed by atoms with Crippen LogP contribution in [-0.4, -0.2) is 24.0 Å². The molecule has 0 atom stereocenters. The van der Waals surface area contributed by atoms with Crippen molar-refractivity contribution in [1.82, 2.24) is 5.32 Å². The Labute approximate surface area is 329 Å². The third kappa shape index (κ3) is 32.1. The first-order chi connectivity index (χ1) is 25.7. The molecule has 0 saturated heterocycles. The van der Waals surface area contributed by atoms with E-state index >= 15 is 0 Å². The Hall–Kier alpha value is -1.88. The Morgan fingerprint density at radius 3 is 1.13 bits per heavy atom. The van der Waals surface area contributed by atoms with Gasteiger partial charge in [0.2, 0.25) is 0 Å². The highest BCUT2D eigenvalue weighted by Crippen LogP contribution is 2.30. The molecular weight excluding hydrogens is 655 g/mol. The van der Waals surface area contributed by atoms with Gasteiger partial charge in [0.1, 0.15) is 0 Å². The third-order valence-electron chi connectivity index (χ3n) is 10.5. The molecule has 1 N–H and O–H groups in total. The molecular formula is C48H87NO4. The number of hydrogen-bond acceptors (Lipinski definition) is 5. The van der Waals surface area contributed by atoms with Crippen molar-refractivity contribution in [2.24, 2.45) is 0 Å². The van der Waals surface area contributed by atoms with Crippen LogP contribution in [0.4, 0.5) is 0 Å². The molecule has 0 amide bonds.